The van der Waals surface area contributed by atoms with Crippen LogP contribution in [0, 0.1) is 11.3 Å². The van der Waals surface area contributed by atoms with Gasteiger partial charge in [-0.25, -0.2) is 4.98 Å². The monoisotopic (exact) mass is 196 g/mol. The van der Waals surface area contributed by atoms with Gasteiger partial charge in [0.05, 0.1) is 11.9 Å². The average molecular weight is 196 g/mol. The average Bonchev–Trinajstić information content (AvgIpc) is 2.57. The largest absolute Gasteiger partial charge is 0.360 e. The Bertz CT molecular complexity index is 492. The Morgan fingerprint density at radius 3 is 3.20 bits per heavy atom. The molecule has 0 spiro atoms. The quantitative estimate of drug-likeness (QED) is 0.739. The molecular weight excluding hydrogens is 188 g/mol. The van der Waals surface area contributed by atoms with Gasteiger partial charge < -0.3 is 5.32 Å². The van der Waals surface area contributed by atoms with E-state index in [0.717, 1.165) is 11.3 Å². The molecule has 1 aliphatic heterocycles. The molecule has 1 N–H and O–H groups in total. The lowest BCUT2D eigenvalue weighted by Crippen LogP contribution is -2.05. The van der Waals surface area contributed by atoms with Gasteiger partial charge in [0.15, 0.2) is 0 Å². The molecule has 0 saturated heterocycles. The molecule has 0 aliphatic carbocycles. The van der Waals surface area contributed by atoms with E-state index in [0.29, 0.717) is 5.69 Å². The summed E-state index contributed by atoms with van der Waals surface area (Å²) in [7, 11) is 0. The first-order valence-corrected chi connectivity index (χ1v) is 4.42. The number of rotatable bonds is 1. The molecule has 72 valence electrons. The number of aromatic nitrogens is 1. The lowest BCUT2D eigenvalue weighted by molar-refractivity contribution is 1.17. The third-order valence-corrected chi connectivity index (χ3v) is 1.91. The second kappa shape index (κ2) is 4.20. The molecular formula is C11H8N4. The van der Waals surface area contributed by atoms with Crippen molar-refractivity contribution in [2.24, 2.45) is 4.99 Å². The van der Waals surface area contributed by atoms with E-state index in [-0.39, 0.29) is 0 Å². The van der Waals surface area contributed by atoms with Crippen molar-refractivity contribution in [2.45, 2.75) is 0 Å². The topological polar surface area (TPSA) is 61.1 Å². The minimum Gasteiger partial charge on any atom is -0.360 e. The lowest BCUT2D eigenvalue weighted by atomic mass is 10.1. The fraction of sp³-hybridized carbons (Fsp3) is 0. The first kappa shape index (κ1) is 9.16. The summed E-state index contributed by atoms with van der Waals surface area (Å²) in [6.45, 7) is 0. The van der Waals surface area contributed by atoms with Crippen LogP contribution in [0.4, 0.5) is 0 Å². The van der Waals surface area contributed by atoms with Crippen molar-refractivity contribution in [3.63, 3.8) is 0 Å². The van der Waals surface area contributed by atoms with Gasteiger partial charge in [-0.3, -0.25) is 4.99 Å². The van der Waals surface area contributed by atoms with Crippen LogP contribution in [-0.4, -0.2) is 11.2 Å². The Hall–Kier alpha value is -2.41. The van der Waals surface area contributed by atoms with Crippen LogP contribution in [0.2, 0.25) is 0 Å². The number of pyridine rings is 1. The summed E-state index contributed by atoms with van der Waals surface area (Å²) in [4.78, 5) is 8.02. The van der Waals surface area contributed by atoms with E-state index in [2.05, 4.69) is 15.3 Å². The van der Waals surface area contributed by atoms with E-state index in [1.807, 2.05) is 12.1 Å². The Morgan fingerprint density at radius 1 is 1.40 bits per heavy atom. The highest BCUT2D eigenvalue weighted by Crippen LogP contribution is 2.15. The van der Waals surface area contributed by atoms with Crippen LogP contribution < -0.4 is 5.32 Å². The molecule has 0 atom stereocenters. The summed E-state index contributed by atoms with van der Waals surface area (Å²) in [5.74, 6) is 0. The number of nitrogens with zero attached hydrogens (tertiary/aromatic N) is 3. The van der Waals surface area contributed by atoms with Crippen LogP contribution in [0.1, 0.15) is 11.3 Å². The number of nitrogens with one attached hydrogen (secondary N) is 1. The lowest BCUT2D eigenvalue weighted by Gasteiger charge is -2.06. The molecule has 0 bridgehead atoms. The van der Waals surface area contributed by atoms with Gasteiger partial charge in [0.1, 0.15) is 11.8 Å². The molecule has 0 radical (unpaired) electrons. The first-order valence-electron chi connectivity index (χ1n) is 4.42. The molecule has 0 fully saturated rings. The van der Waals surface area contributed by atoms with Crippen molar-refractivity contribution in [1.29, 1.82) is 5.26 Å². The SMILES string of the molecule is N#Cc1ncccc1C1=CN=CC=CN1. The predicted molar refractivity (Wildman–Crippen MR) is 57.7 cm³/mol. The Labute approximate surface area is 87.3 Å². The molecule has 4 nitrogen and oxygen atoms in total. The third kappa shape index (κ3) is 1.92. The van der Waals surface area contributed by atoms with Gasteiger partial charge in [-0.1, -0.05) is 0 Å². The summed E-state index contributed by atoms with van der Waals surface area (Å²) in [5, 5.41) is 11.9. The highest BCUT2D eigenvalue weighted by atomic mass is 14.9. The van der Waals surface area contributed by atoms with E-state index in [1.54, 1.807) is 37.0 Å². The normalized spacial score (nSPS) is 13.7. The summed E-state index contributed by atoms with van der Waals surface area (Å²) >= 11 is 0. The zero-order chi connectivity index (χ0) is 10.5. The van der Waals surface area contributed by atoms with Gasteiger partial charge in [0.2, 0.25) is 0 Å². The second-order valence-corrected chi connectivity index (χ2v) is 2.86. The zero-order valence-electron chi connectivity index (χ0n) is 7.88. The van der Waals surface area contributed by atoms with Gasteiger partial charge in [-0.15, -0.1) is 0 Å². The van der Waals surface area contributed by atoms with Crippen LogP contribution in [0.15, 0.2) is 41.8 Å². The summed E-state index contributed by atoms with van der Waals surface area (Å²) in [6, 6.07) is 5.67. The molecule has 0 amide bonds. The highest BCUT2D eigenvalue weighted by molar-refractivity contribution is 5.77. The van der Waals surface area contributed by atoms with E-state index in [4.69, 9.17) is 5.26 Å². The van der Waals surface area contributed by atoms with Crippen LogP contribution in [0.5, 0.6) is 0 Å². The predicted octanol–water partition coefficient (Wildman–Crippen LogP) is 1.44. The van der Waals surface area contributed by atoms with E-state index >= 15 is 0 Å². The fourth-order valence-electron chi connectivity index (χ4n) is 1.24. The van der Waals surface area contributed by atoms with Crippen LogP contribution in [-0.2, 0) is 0 Å². The minimum atomic E-state index is 0.391. The Kier molecular flexibility index (Phi) is 2.56. The van der Waals surface area contributed by atoms with Gasteiger partial charge in [0, 0.05) is 24.2 Å². The van der Waals surface area contributed by atoms with Gasteiger partial charge in [0.25, 0.3) is 0 Å². The molecule has 4 heteroatoms. The molecule has 1 aromatic heterocycles. The van der Waals surface area contributed by atoms with Crippen molar-refractivity contribution in [3.05, 3.63) is 48.1 Å². The first-order chi connectivity index (χ1) is 7.42. The highest BCUT2D eigenvalue weighted by Gasteiger charge is 2.07. The summed E-state index contributed by atoms with van der Waals surface area (Å²) in [6.07, 6.45) is 8.47. The fourth-order valence-corrected chi connectivity index (χ4v) is 1.24. The van der Waals surface area contributed by atoms with Gasteiger partial charge in [-0.2, -0.15) is 5.26 Å². The third-order valence-electron chi connectivity index (χ3n) is 1.91. The molecule has 0 unspecified atom stereocenters. The minimum absolute atomic E-state index is 0.391. The van der Waals surface area contributed by atoms with E-state index < -0.39 is 0 Å². The van der Waals surface area contributed by atoms with E-state index in [1.165, 1.54) is 0 Å². The Balaban J connectivity index is 2.46. The van der Waals surface area contributed by atoms with Crippen molar-refractivity contribution in [2.75, 3.05) is 0 Å². The molecule has 0 aromatic carbocycles. The van der Waals surface area contributed by atoms with Crippen LogP contribution in [0.25, 0.3) is 5.70 Å². The smallest absolute Gasteiger partial charge is 0.149 e. The molecule has 1 aliphatic rings. The maximum atomic E-state index is 8.90. The van der Waals surface area contributed by atoms with E-state index in [9.17, 15) is 0 Å². The molecule has 15 heavy (non-hydrogen) atoms. The zero-order valence-corrected chi connectivity index (χ0v) is 7.88. The second-order valence-electron chi connectivity index (χ2n) is 2.86. The number of nitriles is 1. The Morgan fingerprint density at radius 2 is 2.33 bits per heavy atom. The number of hydrogen-bond donors (Lipinski definition) is 1. The maximum Gasteiger partial charge on any atom is 0.149 e. The number of hydrogen-bond acceptors (Lipinski definition) is 4. The van der Waals surface area contributed by atoms with Crippen LogP contribution in [0.3, 0.4) is 0 Å². The molecule has 2 rings (SSSR count). The van der Waals surface area contributed by atoms with Crippen LogP contribution >= 0.6 is 0 Å². The molecule has 0 saturated carbocycles. The van der Waals surface area contributed by atoms with Gasteiger partial charge >= 0.3 is 0 Å². The number of allylic oxidation sites excluding steroid dienone is 1. The number of aliphatic imine (C=N–C) groups is 1. The summed E-state index contributed by atoms with van der Waals surface area (Å²) < 4.78 is 0. The maximum absolute atomic E-state index is 8.90. The van der Waals surface area contributed by atoms with Crippen molar-refractivity contribution in [3.8, 4) is 6.07 Å². The van der Waals surface area contributed by atoms with Gasteiger partial charge in [-0.05, 0) is 18.2 Å². The van der Waals surface area contributed by atoms with Crippen molar-refractivity contribution < 1.29 is 0 Å². The summed E-state index contributed by atoms with van der Waals surface area (Å²) in [5.41, 5.74) is 1.91. The van der Waals surface area contributed by atoms with Crippen molar-refractivity contribution in [1.82, 2.24) is 10.3 Å². The van der Waals surface area contributed by atoms with Crippen molar-refractivity contribution >= 4 is 11.9 Å². The standard InChI is InChI=1S/C11H8N4/c12-7-10-9(3-1-5-14-10)11-8-13-4-2-6-15-11/h1-6,8,15H. The molecule has 2 heterocycles. The molecule has 1 aromatic rings.